The normalized spacial score (nSPS) is 40.8. The first-order chi connectivity index (χ1) is 22.8. The second kappa shape index (κ2) is 13.7. The summed E-state index contributed by atoms with van der Waals surface area (Å²) in [7, 11) is 0. The average Bonchev–Trinajstić information content (AvgIpc) is 3.36. The number of carbonyl (C=O) groups excluding carboxylic acids is 2. The molecule has 5 saturated carbocycles. The van der Waals surface area contributed by atoms with E-state index >= 15 is 0 Å². The fourth-order valence-electron chi connectivity index (χ4n) is 13.5. The molecule has 1 N–H and O–H groups in total. The molecule has 0 aromatic carbocycles. The van der Waals surface area contributed by atoms with Crippen LogP contribution in [0.25, 0.3) is 0 Å². The Bertz CT molecular complexity index is 1340. The highest BCUT2D eigenvalue weighted by Crippen LogP contribution is 2.76. The van der Waals surface area contributed by atoms with Crippen LogP contribution in [0.3, 0.4) is 0 Å². The van der Waals surface area contributed by atoms with Crippen LogP contribution in [0.5, 0.6) is 0 Å². The van der Waals surface area contributed by atoms with Gasteiger partial charge in [-0.2, -0.15) is 0 Å². The Balaban J connectivity index is 1.32. The molecule has 0 bridgehead atoms. The molecule has 5 fully saturated rings. The quantitative estimate of drug-likeness (QED) is 0.101. The van der Waals surface area contributed by atoms with E-state index in [1.807, 2.05) is 13.8 Å². The van der Waals surface area contributed by atoms with Gasteiger partial charge in [-0.25, -0.2) is 0 Å². The number of rotatable bonds is 11. The van der Waals surface area contributed by atoms with Gasteiger partial charge in [-0.1, -0.05) is 60.6 Å². The summed E-state index contributed by atoms with van der Waals surface area (Å²) in [5.74, 6) is 5.40. The van der Waals surface area contributed by atoms with Crippen molar-refractivity contribution in [2.45, 2.75) is 151 Å². The van der Waals surface area contributed by atoms with Gasteiger partial charge in [0.25, 0.3) is 0 Å². The van der Waals surface area contributed by atoms with Gasteiger partial charge in [0.2, 0.25) is 0 Å². The van der Waals surface area contributed by atoms with Crippen molar-refractivity contribution in [2.24, 2.45) is 68.5 Å². The number of carboxylic acids is 1. The number of aliphatic carboxylic acids is 1. The highest BCUT2D eigenvalue weighted by Gasteiger charge is 2.69. The highest BCUT2D eigenvalue weighted by atomic mass is 16.5. The van der Waals surface area contributed by atoms with E-state index < -0.39 is 11.4 Å². The molecular formula is C43H66O6. The third kappa shape index (κ3) is 6.75. The molecule has 49 heavy (non-hydrogen) atoms. The first-order valence-corrected chi connectivity index (χ1v) is 19.5. The fourth-order valence-corrected chi connectivity index (χ4v) is 13.5. The molecule has 0 saturated heterocycles. The zero-order valence-corrected chi connectivity index (χ0v) is 32.0. The van der Waals surface area contributed by atoms with Crippen LogP contribution >= 0.6 is 0 Å². The molecule has 11 atom stereocenters. The lowest BCUT2D eigenvalue weighted by Gasteiger charge is -2.72. The second-order valence-corrected chi connectivity index (χ2v) is 19.4. The van der Waals surface area contributed by atoms with Crippen LogP contribution < -0.4 is 0 Å². The Morgan fingerprint density at radius 2 is 1.61 bits per heavy atom. The zero-order valence-electron chi connectivity index (χ0n) is 32.0. The van der Waals surface area contributed by atoms with Crippen molar-refractivity contribution in [3.05, 3.63) is 12.2 Å². The van der Waals surface area contributed by atoms with Gasteiger partial charge in [-0.3, -0.25) is 14.4 Å². The Kier molecular flexibility index (Phi) is 10.6. The van der Waals surface area contributed by atoms with Gasteiger partial charge in [0, 0.05) is 18.3 Å². The summed E-state index contributed by atoms with van der Waals surface area (Å²) in [5, 5.41) is 9.32. The van der Waals surface area contributed by atoms with Gasteiger partial charge in [-0.05, 0) is 134 Å². The maximum absolute atomic E-state index is 13.2. The fraction of sp³-hybridized carbons (Fsp3) is 0.837. The number of hydrogen-bond donors (Lipinski definition) is 1. The smallest absolute Gasteiger partial charge is 0.306 e. The number of esters is 2. The molecule has 5 aliphatic carbocycles. The van der Waals surface area contributed by atoms with Crippen molar-refractivity contribution >= 4 is 17.9 Å². The molecule has 0 aromatic heterocycles. The molecule has 0 spiro atoms. The number of hydrogen-bond acceptors (Lipinski definition) is 5. The molecule has 6 heteroatoms. The van der Waals surface area contributed by atoms with E-state index in [0.717, 1.165) is 32.1 Å². The lowest BCUT2D eigenvalue weighted by Crippen LogP contribution is -2.66. The van der Waals surface area contributed by atoms with E-state index in [2.05, 4.69) is 54.0 Å². The summed E-state index contributed by atoms with van der Waals surface area (Å²) in [4.78, 5) is 37.1. The van der Waals surface area contributed by atoms with Crippen molar-refractivity contribution in [3.63, 3.8) is 0 Å². The number of ether oxygens (including phenoxy) is 2. The van der Waals surface area contributed by atoms with Crippen molar-refractivity contribution in [2.75, 3.05) is 6.61 Å². The molecule has 0 aliphatic heterocycles. The third-order valence-electron chi connectivity index (χ3n) is 15.8. The minimum absolute atomic E-state index is 0.0470. The molecule has 0 radical (unpaired) electrons. The topological polar surface area (TPSA) is 89.9 Å². The average molecular weight is 679 g/mol. The largest absolute Gasteiger partial charge is 0.481 e. The Morgan fingerprint density at radius 1 is 0.918 bits per heavy atom. The van der Waals surface area contributed by atoms with E-state index in [4.69, 9.17) is 15.9 Å². The van der Waals surface area contributed by atoms with Crippen LogP contribution in [0.2, 0.25) is 0 Å². The SMILES string of the molecule is C#CCCOC(=O)CC[C@@H]1C[C@@H](C(=C)C)[C@H]2C1CC[C@]1(C)[C@@H]2CC[C@@H]2[C@@]3(C)CC[C@H](OC(=O)CC(C)(C)CC(=O)O)C(C)(C)[C@@H]3CC[C@]21C. The summed E-state index contributed by atoms with van der Waals surface area (Å²) >= 11 is 0. The van der Waals surface area contributed by atoms with Crippen LogP contribution in [0, 0.1) is 80.8 Å². The van der Waals surface area contributed by atoms with Crippen LogP contribution in [-0.2, 0) is 23.9 Å². The maximum Gasteiger partial charge on any atom is 0.306 e. The van der Waals surface area contributed by atoms with Crippen LogP contribution in [0.1, 0.15) is 145 Å². The van der Waals surface area contributed by atoms with E-state index in [9.17, 15) is 19.5 Å². The summed E-state index contributed by atoms with van der Waals surface area (Å²) in [5.41, 5.74) is 1.21. The Labute approximate surface area is 297 Å². The lowest BCUT2D eigenvalue weighted by molar-refractivity contribution is -0.245. The Morgan fingerprint density at radius 3 is 2.27 bits per heavy atom. The summed E-state index contributed by atoms with van der Waals surface area (Å²) < 4.78 is 11.7. The van der Waals surface area contributed by atoms with Crippen molar-refractivity contribution in [3.8, 4) is 12.3 Å². The standard InChI is InChI=1S/C43H66O6/c1-11-12-23-48-36(46)16-13-28-24-30(27(2)3)38-29(28)17-21-42(9)31(38)14-15-33-41(8)20-19-34(40(6,7)32(41)18-22-43(33,42)10)49-37(47)26-39(4,5)25-35(44)45/h1,28-34,38H,2,12-26H2,3-10H3,(H,44,45)/t28-,29?,30+,31-,32+,33-,34+,38-,41+,42-,43-/m1/s1. The van der Waals surface area contributed by atoms with E-state index in [0.29, 0.717) is 60.9 Å². The van der Waals surface area contributed by atoms with E-state index in [1.165, 1.54) is 37.7 Å². The third-order valence-corrected chi connectivity index (χ3v) is 15.8. The van der Waals surface area contributed by atoms with Crippen molar-refractivity contribution in [1.29, 1.82) is 0 Å². The van der Waals surface area contributed by atoms with Crippen LogP contribution in [-0.4, -0.2) is 35.7 Å². The second-order valence-electron chi connectivity index (χ2n) is 19.4. The van der Waals surface area contributed by atoms with Crippen molar-refractivity contribution in [1.82, 2.24) is 0 Å². The molecule has 6 nitrogen and oxygen atoms in total. The molecule has 0 amide bonds. The molecule has 0 heterocycles. The van der Waals surface area contributed by atoms with Gasteiger partial charge < -0.3 is 14.6 Å². The lowest BCUT2D eigenvalue weighted by atomic mass is 9.33. The van der Waals surface area contributed by atoms with Crippen LogP contribution in [0.4, 0.5) is 0 Å². The molecule has 1 unspecified atom stereocenters. The van der Waals surface area contributed by atoms with Gasteiger partial charge in [0.1, 0.15) is 12.7 Å². The summed E-state index contributed by atoms with van der Waals surface area (Å²) in [6.07, 6.45) is 17.6. The van der Waals surface area contributed by atoms with Gasteiger partial charge in [0.05, 0.1) is 12.8 Å². The number of terminal acetylenes is 1. The van der Waals surface area contributed by atoms with Gasteiger partial charge in [0.15, 0.2) is 0 Å². The molecule has 0 aromatic rings. The molecular weight excluding hydrogens is 612 g/mol. The zero-order chi connectivity index (χ0) is 36.2. The van der Waals surface area contributed by atoms with Crippen LogP contribution in [0.15, 0.2) is 12.2 Å². The number of fused-ring (bicyclic) bond motifs is 7. The first-order valence-electron chi connectivity index (χ1n) is 19.5. The predicted octanol–water partition coefficient (Wildman–Crippen LogP) is 9.65. The predicted molar refractivity (Wildman–Crippen MR) is 193 cm³/mol. The number of carboxylic acid groups (broad SMARTS) is 1. The molecule has 274 valence electrons. The Hall–Kier alpha value is -2.29. The first kappa shape index (κ1) is 38.0. The highest BCUT2D eigenvalue weighted by molar-refractivity contribution is 5.73. The number of carbonyl (C=O) groups is 3. The van der Waals surface area contributed by atoms with Gasteiger partial charge in [-0.15, -0.1) is 12.3 Å². The van der Waals surface area contributed by atoms with Gasteiger partial charge >= 0.3 is 17.9 Å². The molecule has 5 aliphatic rings. The van der Waals surface area contributed by atoms with E-state index in [1.54, 1.807) is 0 Å². The minimum Gasteiger partial charge on any atom is -0.481 e. The minimum atomic E-state index is -0.883. The number of allylic oxidation sites excluding steroid dienone is 1. The maximum atomic E-state index is 13.2. The monoisotopic (exact) mass is 678 g/mol. The van der Waals surface area contributed by atoms with Crippen molar-refractivity contribution < 1.29 is 29.0 Å². The summed E-state index contributed by atoms with van der Waals surface area (Å²) in [6, 6.07) is 0. The summed E-state index contributed by atoms with van der Waals surface area (Å²) in [6.45, 7) is 23.3. The molecule has 5 rings (SSSR count). The van der Waals surface area contributed by atoms with E-state index in [-0.39, 0.29) is 52.5 Å².